The number of benzene rings is 1. The summed E-state index contributed by atoms with van der Waals surface area (Å²) >= 11 is 2.94. The van der Waals surface area contributed by atoms with Gasteiger partial charge < -0.3 is 20.5 Å². The molecule has 1 aliphatic heterocycles. The number of fused-ring (bicyclic) bond motifs is 1. The lowest BCUT2D eigenvalue weighted by Gasteiger charge is -2.19. The fraction of sp³-hybridized carbons (Fsp3) is 0.235. The summed E-state index contributed by atoms with van der Waals surface area (Å²) < 4.78 is 11.8. The van der Waals surface area contributed by atoms with E-state index in [4.69, 9.17) is 15.2 Å². The number of H-pyrrole nitrogens is 1. The maximum absolute atomic E-state index is 11.9. The van der Waals surface area contributed by atoms with Crippen molar-refractivity contribution in [1.29, 1.82) is 0 Å². The van der Waals surface area contributed by atoms with Gasteiger partial charge >= 0.3 is 0 Å². The van der Waals surface area contributed by atoms with Crippen molar-refractivity contribution in [3.05, 3.63) is 45.3 Å². The summed E-state index contributed by atoms with van der Waals surface area (Å²) in [6.07, 6.45) is 0. The van der Waals surface area contributed by atoms with E-state index in [9.17, 15) is 4.79 Å². The second-order valence-corrected chi connectivity index (χ2v) is 8.32. The quantitative estimate of drug-likeness (QED) is 0.314. The average Bonchev–Trinajstić information content (AvgIpc) is 3.11. The monoisotopic (exact) mass is 431 g/mol. The number of anilines is 1. The van der Waals surface area contributed by atoms with Crippen LogP contribution in [0.3, 0.4) is 0 Å². The molecule has 1 aromatic carbocycles. The van der Waals surface area contributed by atoms with Crippen molar-refractivity contribution < 1.29 is 9.47 Å². The number of aliphatic imine (C=N–C) groups is 1. The molecule has 0 aliphatic carbocycles. The summed E-state index contributed by atoms with van der Waals surface area (Å²) in [5, 5.41) is 11.8. The molecule has 10 nitrogen and oxygen atoms in total. The van der Waals surface area contributed by atoms with Crippen LogP contribution >= 0.6 is 23.1 Å². The maximum atomic E-state index is 11.9. The minimum atomic E-state index is -0.310. The lowest BCUT2D eigenvalue weighted by molar-refractivity contribution is 0.171. The fourth-order valence-electron chi connectivity index (χ4n) is 2.50. The number of ether oxygens (including phenoxy) is 2. The van der Waals surface area contributed by atoms with Crippen molar-refractivity contribution in [1.82, 2.24) is 20.2 Å². The summed E-state index contributed by atoms with van der Waals surface area (Å²) in [6, 6.07) is 6.77. The summed E-state index contributed by atoms with van der Waals surface area (Å²) in [5.74, 6) is 1.97. The normalized spacial score (nSPS) is 13.3. The minimum absolute atomic E-state index is 0.0781. The third-order valence-corrected chi connectivity index (χ3v) is 5.68. The number of aromatic nitrogens is 4. The van der Waals surface area contributed by atoms with E-state index in [-0.39, 0.29) is 17.5 Å². The number of guanidine groups is 1. The van der Waals surface area contributed by atoms with Crippen molar-refractivity contribution in [2.45, 2.75) is 17.0 Å². The zero-order chi connectivity index (χ0) is 20.2. The van der Waals surface area contributed by atoms with Crippen LogP contribution in [0.5, 0.6) is 11.5 Å². The van der Waals surface area contributed by atoms with Crippen molar-refractivity contribution in [2.24, 2.45) is 10.7 Å². The summed E-state index contributed by atoms with van der Waals surface area (Å²) in [4.78, 5) is 23.0. The predicted molar refractivity (Wildman–Crippen MR) is 111 cm³/mol. The molecule has 0 saturated heterocycles. The number of hydrogen-bond donors (Lipinski definition) is 3. The van der Waals surface area contributed by atoms with Gasteiger partial charge in [-0.3, -0.25) is 9.78 Å². The van der Waals surface area contributed by atoms with Crippen LogP contribution in [-0.2, 0) is 5.75 Å². The van der Waals surface area contributed by atoms with Crippen LogP contribution in [0.2, 0.25) is 0 Å². The first-order valence-corrected chi connectivity index (χ1v) is 10.4. The molecule has 0 radical (unpaired) electrons. The van der Waals surface area contributed by atoms with Gasteiger partial charge in [-0.05, 0) is 19.1 Å². The Morgan fingerprint density at radius 1 is 1.31 bits per heavy atom. The van der Waals surface area contributed by atoms with Gasteiger partial charge in [0.15, 0.2) is 15.8 Å². The largest absolute Gasteiger partial charge is 0.486 e. The second kappa shape index (κ2) is 8.49. The molecule has 3 aromatic rings. The van der Waals surface area contributed by atoms with Crippen LogP contribution in [-0.4, -0.2) is 39.3 Å². The van der Waals surface area contributed by atoms with E-state index in [1.54, 1.807) is 18.2 Å². The summed E-state index contributed by atoms with van der Waals surface area (Å²) in [7, 11) is 0. The topological polar surface area (TPSA) is 140 Å². The molecule has 0 saturated carbocycles. The van der Waals surface area contributed by atoms with E-state index < -0.39 is 0 Å². The molecule has 0 fully saturated rings. The fourth-order valence-corrected chi connectivity index (χ4v) is 4.21. The molecule has 2 aromatic heterocycles. The lowest BCUT2D eigenvalue weighted by Crippen LogP contribution is -2.23. The summed E-state index contributed by atoms with van der Waals surface area (Å²) in [5.41, 5.74) is 6.90. The highest BCUT2D eigenvalue weighted by Crippen LogP contribution is 2.32. The molecule has 0 amide bonds. The molecular formula is C17H17N7O3S2. The molecule has 0 bridgehead atoms. The first-order valence-electron chi connectivity index (χ1n) is 8.59. The average molecular weight is 432 g/mol. The second-order valence-electron chi connectivity index (χ2n) is 5.92. The number of rotatable bonds is 5. The van der Waals surface area contributed by atoms with Gasteiger partial charge in [0.25, 0.3) is 5.56 Å². The molecule has 4 rings (SSSR count). The molecular weight excluding hydrogens is 414 g/mol. The molecule has 1 aliphatic rings. The van der Waals surface area contributed by atoms with E-state index in [2.05, 4.69) is 30.5 Å². The molecule has 4 N–H and O–H groups in total. The molecule has 0 unspecified atom stereocenters. The molecule has 150 valence electrons. The number of hydrogen-bond acceptors (Lipinski definition) is 9. The van der Waals surface area contributed by atoms with Gasteiger partial charge in [-0.15, -0.1) is 10.2 Å². The minimum Gasteiger partial charge on any atom is -0.486 e. The highest BCUT2D eigenvalue weighted by molar-refractivity contribution is 8.00. The molecule has 0 atom stereocenters. The number of nitrogens with two attached hydrogens (primary N) is 1. The van der Waals surface area contributed by atoms with E-state index in [1.165, 1.54) is 29.2 Å². The number of aromatic amines is 1. The van der Waals surface area contributed by atoms with Crippen molar-refractivity contribution in [2.75, 3.05) is 18.5 Å². The van der Waals surface area contributed by atoms with E-state index >= 15 is 0 Å². The third kappa shape index (κ3) is 5.03. The van der Waals surface area contributed by atoms with Gasteiger partial charge in [-0.25, -0.2) is 4.98 Å². The van der Waals surface area contributed by atoms with Crippen LogP contribution in [0.25, 0.3) is 0 Å². The zero-order valence-corrected chi connectivity index (χ0v) is 17.0. The van der Waals surface area contributed by atoms with Crippen molar-refractivity contribution >= 4 is 40.7 Å². The first-order chi connectivity index (χ1) is 14.0. The Labute approximate surface area is 173 Å². The van der Waals surface area contributed by atoms with Gasteiger partial charge in [0.2, 0.25) is 11.9 Å². The van der Waals surface area contributed by atoms with E-state index in [0.29, 0.717) is 41.8 Å². The van der Waals surface area contributed by atoms with Crippen LogP contribution in [0, 0.1) is 6.92 Å². The van der Waals surface area contributed by atoms with E-state index in [1.807, 2.05) is 6.92 Å². The molecule has 29 heavy (non-hydrogen) atoms. The molecule has 3 heterocycles. The van der Waals surface area contributed by atoms with Gasteiger partial charge in [0, 0.05) is 23.6 Å². The SMILES string of the molecule is Cc1nnc(SCc2cc(=O)[nH]c(N=C(N)Nc3ccc4c(c3)OCCO4)n2)s1. The Balaban J connectivity index is 1.46. The number of nitrogens with one attached hydrogen (secondary N) is 2. The Hall–Kier alpha value is -3.12. The Morgan fingerprint density at radius 3 is 2.93 bits per heavy atom. The standard InChI is InChI=1S/C17H17N7O3S2/c1-9-23-24-17(29-9)28-8-11-7-14(25)21-16(20-11)22-15(18)19-10-2-3-12-13(6-10)27-5-4-26-12/h2-3,6-7H,4-5,8H2,1H3,(H4,18,19,20,21,22,25). The maximum Gasteiger partial charge on any atom is 0.252 e. The zero-order valence-electron chi connectivity index (χ0n) is 15.3. The molecule has 0 spiro atoms. The van der Waals surface area contributed by atoms with Gasteiger partial charge in [0.05, 0.1) is 5.69 Å². The lowest BCUT2D eigenvalue weighted by atomic mass is 10.2. The number of aryl methyl sites for hydroxylation is 1. The first kappa shape index (κ1) is 19.2. The van der Waals surface area contributed by atoms with Gasteiger partial charge in [-0.2, -0.15) is 4.99 Å². The highest BCUT2D eigenvalue weighted by Gasteiger charge is 2.12. The predicted octanol–water partition coefficient (Wildman–Crippen LogP) is 2.05. The summed E-state index contributed by atoms with van der Waals surface area (Å²) in [6.45, 7) is 2.90. The Bertz CT molecular complexity index is 1110. The van der Waals surface area contributed by atoms with Crippen LogP contribution in [0.1, 0.15) is 10.7 Å². The number of nitrogens with zero attached hydrogens (tertiary/aromatic N) is 4. The smallest absolute Gasteiger partial charge is 0.252 e. The van der Waals surface area contributed by atoms with Gasteiger partial charge in [0.1, 0.15) is 18.2 Å². The van der Waals surface area contributed by atoms with Crippen LogP contribution < -0.4 is 26.1 Å². The van der Waals surface area contributed by atoms with Crippen molar-refractivity contribution in [3.8, 4) is 11.5 Å². The third-order valence-electron chi connectivity index (χ3n) is 3.67. The van der Waals surface area contributed by atoms with Crippen LogP contribution in [0.15, 0.2) is 38.4 Å². The van der Waals surface area contributed by atoms with E-state index in [0.717, 1.165) is 9.35 Å². The van der Waals surface area contributed by atoms with Gasteiger partial charge in [-0.1, -0.05) is 23.1 Å². The van der Waals surface area contributed by atoms with Crippen LogP contribution in [0.4, 0.5) is 11.6 Å². The Kier molecular flexibility index (Phi) is 5.62. The number of thioether (sulfide) groups is 1. The van der Waals surface area contributed by atoms with Crippen molar-refractivity contribution in [3.63, 3.8) is 0 Å². The Morgan fingerprint density at radius 2 is 2.14 bits per heavy atom. The highest BCUT2D eigenvalue weighted by atomic mass is 32.2. The molecule has 12 heteroatoms.